The first kappa shape index (κ1) is 5.29. The van der Waals surface area contributed by atoms with Crippen LogP contribution in [0.4, 0.5) is 0 Å². The molecule has 0 amide bonds. The number of nitrogens with zero attached hydrogens (tertiary/aromatic N) is 1. The Morgan fingerprint density at radius 2 is 2.05 bits per heavy atom. The zero-order valence-corrected chi connectivity index (χ0v) is 11.3. The molecule has 1 unspecified atom stereocenters. The Balaban J connectivity index is 3.02. The third kappa shape index (κ3) is 3.53. The third-order valence-electron chi connectivity index (χ3n) is 2.88. The molecular weight excluding hydrogens is 250 g/mol. The smallest absolute Gasteiger partial charge is 0.118 e. The van der Waals surface area contributed by atoms with Gasteiger partial charge in [0.2, 0.25) is 0 Å². The Hall–Kier alpha value is -1.06. The van der Waals surface area contributed by atoms with E-state index in [4.69, 9.17) is 23.9 Å². The van der Waals surface area contributed by atoms with Crippen molar-refractivity contribution >= 4 is 0 Å². The fraction of sp³-hybridized carbons (Fsp3) is 0.647. The van der Waals surface area contributed by atoms with Crippen LogP contribution in [0.1, 0.15) is 62.5 Å². The van der Waals surface area contributed by atoms with Crippen LogP contribution in [0.2, 0.25) is 0 Å². The van der Waals surface area contributed by atoms with Crippen LogP contribution in [0.5, 0.6) is 5.75 Å². The first-order valence-corrected chi connectivity index (χ1v) is 6.00. The van der Waals surface area contributed by atoms with Gasteiger partial charge in [0, 0.05) is 31.6 Å². The summed E-state index contributed by atoms with van der Waals surface area (Å²) in [6, 6.07) is 4.79. The lowest BCUT2D eigenvalue weighted by Crippen LogP contribution is -2.42. The summed E-state index contributed by atoms with van der Waals surface area (Å²) in [6.45, 7) is -4.00. The number of aliphatic hydroxyl groups is 1. The van der Waals surface area contributed by atoms with Gasteiger partial charge in [0.1, 0.15) is 5.75 Å². The van der Waals surface area contributed by atoms with E-state index in [1.54, 1.807) is 0 Å². The number of ether oxygens (including phenoxy) is 1. The number of methoxy groups -OCH3 is 1. The summed E-state index contributed by atoms with van der Waals surface area (Å²) in [5.41, 5.74) is -4.31. The summed E-state index contributed by atoms with van der Waals surface area (Å²) in [4.78, 5) is 0.544. The van der Waals surface area contributed by atoms with Gasteiger partial charge in [-0.2, -0.15) is 0 Å². The molecule has 1 aliphatic carbocycles. The number of hydrogen-bond acceptors (Lipinski definition) is 3. The number of likely N-dealkylation sites (N-methyl/N-ethyl adjacent to an activating group) is 1. The average Bonchev–Trinajstić information content (AvgIpc) is 2.70. The Morgan fingerprint density at radius 3 is 2.60 bits per heavy atom. The molecule has 1 fully saturated rings. The second-order valence-electron chi connectivity index (χ2n) is 4.40. The molecule has 2 rings (SSSR count). The molecule has 0 radical (unpaired) electrons. The normalized spacial score (nSPS) is 45.0. The first-order chi connectivity index (χ1) is 14.9. The molecule has 1 atom stereocenters. The van der Waals surface area contributed by atoms with E-state index in [2.05, 4.69) is 0 Å². The SMILES string of the molecule is [2H]C([2H])([2H])N(C)CC([2H])(c1ccc(OC)cc1)C1(O)C([2H])([2H])C([2H])([2H])C([2H])([2H])C([2H])([2H])C1([2H])[2H]. The Morgan fingerprint density at radius 1 is 1.40 bits per heavy atom. The van der Waals surface area contributed by atoms with E-state index in [-0.39, 0.29) is 11.3 Å². The minimum absolute atomic E-state index is 0.249. The molecule has 1 N–H and O–H groups in total. The minimum atomic E-state index is -3.94. The predicted octanol–water partition coefficient (Wildman–Crippen LogP) is 3.04. The zero-order valence-electron chi connectivity index (χ0n) is 25.3. The Kier molecular flexibility index (Phi) is 1.74. The van der Waals surface area contributed by atoms with Crippen LogP contribution < -0.4 is 4.74 Å². The lowest BCUT2D eigenvalue weighted by atomic mass is 9.72. The van der Waals surface area contributed by atoms with Gasteiger partial charge in [-0.15, -0.1) is 0 Å². The molecular formula is C17H27NO2. The molecule has 0 aromatic heterocycles. The van der Waals surface area contributed by atoms with Crippen LogP contribution in [0.25, 0.3) is 0 Å². The van der Waals surface area contributed by atoms with Crippen molar-refractivity contribution in [2.45, 2.75) is 43.4 Å². The van der Waals surface area contributed by atoms with Gasteiger partial charge in [-0.25, -0.2) is 0 Å². The molecule has 1 aromatic carbocycles. The summed E-state index contributed by atoms with van der Waals surface area (Å²) in [5, 5.41) is 11.8. The van der Waals surface area contributed by atoms with Gasteiger partial charge in [-0.1, -0.05) is 31.3 Å². The highest BCUT2D eigenvalue weighted by Crippen LogP contribution is 2.40. The van der Waals surface area contributed by atoms with Gasteiger partial charge < -0.3 is 14.7 Å². The quantitative estimate of drug-likeness (QED) is 0.905. The number of benzene rings is 1. The van der Waals surface area contributed by atoms with Gasteiger partial charge >= 0.3 is 0 Å². The predicted molar refractivity (Wildman–Crippen MR) is 82.3 cm³/mol. The van der Waals surface area contributed by atoms with Gasteiger partial charge in [0.05, 0.1) is 12.7 Å². The average molecular weight is 291 g/mol. The number of hydrogen-bond donors (Lipinski definition) is 1. The van der Waals surface area contributed by atoms with Crippen molar-refractivity contribution in [1.82, 2.24) is 4.90 Å². The molecule has 0 heterocycles. The molecule has 0 spiro atoms. The standard InChI is InChI=1S/C17H27NO2/c1-18(2)13-16(17(19)11-5-4-6-12-17)14-7-9-15(20-3)10-8-14/h7-10,16,19H,4-6,11-13H2,1-3H3/i1D3,4D2,5D2,6D2,11D2,12D2,16D. The number of rotatable bonds is 5. The van der Waals surface area contributed by atoms with Gasteiger partial charge in [0.15, 0.2) is 0 Å². The van der Waals surface area contributed by atoms with E-state index in [0.717, 1.165) is 19.2 Å². The van der Waals surface area contributed by atoms with Crippen molar-refractivity contribution in [3.8, 4) is 5.75 Å². The van der Waals surface area contributed by atoms with E-state index in [9.17, 15) is 5.11 Å². The van der Waals surface area contributed by atoms with E-state index in [1.807, 2.05) is 0 Å². The molecule has 1 aliphatic rings. The van der Waals surface area contributed by atoms with Crippen molar-refractivity contribution in [3.63, 3.8) is 0 Å². The lowest BCUT2D eigenvalue weighted by Gasteiger charge is -2.40. The van der Waals surface area contributed by atoms with Crippen LogP contribution >= 0.6 is 0 Å². The molecule has 112 valence electrons. The molecule has 3 nitrogen and oxygen atoms in total. The van der Waals surface area contributed by atoms with E-state index in [1.165, 1.54) is 19.2 Å². The highest BCUT2D eigenvalue weighted by Gasteiger charge is 2.38. The topological polar surface area (TPSA) is 32.7 Å². The third-order valence-corrected chi connectivity index (χ3v) is 2.88. The fourth-order valence-electron chi connectivity index (χ4n) is 1.90. The second kappa shape index (κ2) is 6.59. The van der Waals surface area contributed by atoms with Crippen molar-refractivity contribution in [2.75, 3.05) is 27.7 Å². The van der Waals surface area contributed by atoms with Gasteiger partial charge in [-0.05, 0) is 44.5 Å². The summed E-state index contributed by atoms with van der Waals surface area (Å²) in [7, 11) is 2.32. The van der Waals surface area contributed by atoms with E-state index < -0.39 is 56.9 Å². The van der Waals surface area contributed by atoms with Crippen molar-refractivity contribution < 1.29 is 29.0 Å². The van der Waals surface area contributed by atoms with E-state index in [0.29, 0.717) is 4.90 Å². The van der Waals surface area contributed by atoms with Crippen molar-refractivity contribution in [1.29, 1.82) is 0 Å². The summed E-state index contributed by atoms with van der Waals surface area (Å²) >= 11 is 0. The maximum atomic E-state index is 11.8. The Labute approximate surface area is 142 Å². The summed E-state index contributed by atoms with van der Waals surface area (Å²) < 4.78 is 119. The van der Waals surface area contributed by atoms with Crippen LogP contribution in [0.15, 0.2) is 24.3 Å². The first-order valence-electron chi connectivity index (χ1n) is 13.0. The highest BCUT2D eigenvalue weighted by atomic mass is 16.5. The van der Waals surface area contributed by atoms with Crippen LogP contribution in [-0.4, -0.2) is 43.3 Å². The zero-order chi connectivity index (χ0) is 27.0. The molecule has 0 saturated heterocycles. The van der Waals surface area contributed by atoms with E-state index >= 15 is 0 Å². The summed E-state index contributed by atoms with van der Waals surface area (Å²) in [6.07, 6.45) is -19.4. The van der Waals surface area contributed by atoms with Gasteiger partial charge in [0.25, 0.3) is 0 Å². The fourth-order valence-corrected chi connectivity index (χ4v) is 1.90. The molecule has 3 heteroatoms. The molecule has 1 aromatic rings. The van der Waals surface area contributed by atoms with Gasteiger partial charge in [-0.3, -0.25) is 0 Å². The minimum Gasteiger partial charge on any atom is -0.497 e. The summed E-state index contributed by atoms with van der Waals surface area (Å²) in [5.74, 6) is -2.81. The lowest BCUT2D eigenvalue weighted by molar-refractivity contribution is -0.0277. The maximum absolute atomic E-state index is 11.8. The van der Waals surface area contributed by atoms with Crippen LogP contribution in [0.3, 0.4) is 0 Å². The Bertz CT molecular complexity index is 884. The molecule has 1 saturated carbocycles. The van der Waals surface area contributed by atoms with Crippen LogP contribution in [-0.2, 0) is 0 Å². The largest absolute Gasteiger partial charge is 0.497 e. The molecule has 0 aliphatic heterocycles. The van der Waals surface area contributed by atoms with Crippen LogP contribution in [0, 0.1) is 0 Å². The van der Waals surface area contributed by atoms with Crippen molar-refractivity contribution in [3.05, 3.63) is 29.8 Å². The second-order valence-corrected chi connectivity index (χ2v) is 4.40. The molecule has 0 bridgehead atoms. The highest BCUT2D eigenvalue weighted by molar-refractivity contribution is 5.31. The molecule has 20 heavy (non-hydrogen) atoms. The van der Waals surface area contributed by atoms with Crippen molar-refractivity contribution in [2.24, 2.45) is 0 Å². The maximum Gasteiger partial charge on any atom is 0.118 e. The monoisotopic (exact) mass is 291 g/mol.